The van der Waals surface area contributed by atoms with Gasteiger partial charge in [0.2, 0.25) is 0 Å². The summed E-state index contributed by atoms with van der Waals surface area (Å²) in [5.41, 5.74) is 1.81. The molecule has 3 atom stereocenters. The van der Waals surface area contributed by atoms with Crippen LogP contribution in [-0.4, -0.2) is 34.2 Å². The lowest BCUT2D eigenvalue weighted by molar-refractivity contribution is -0.114. The second-order valence-corrected chi connectivity index (χ2v) is 7.56. The maximum absolute atomic E-state index is 11.7. The molecule has 0 unspecified atom stereocenters. The van der Waals surface area contributed by atoms with Gasteiger partial charge in [0.1, 0.15) is 5.60 Å². The van der Waals surface area contributed by atoms with Gasteiger partial charge < -0.3 is 10.4 Å². The van der Waals surface area contributed by atoms with Gasteiger partial charge in [0.25, 0.3) is 0 Å². The molecule has 2 aliphatic rings. The standard InChI is InChI=1S/C22H28N2O/c25-22-15-8-7-13-21(22)24(17-18-9-3-1-4-10-18)16-14-20(22)23-19-11-5-2-6-12-19/h1-6,9-12,20-21,23,25H,7-8,13-17H2/t20-,21-,22+/m1/s1. The first-order chi connectivity index (χ1) is 12.3. The van der Waals surface area contributed by atoms with Crippen molar-refractivity contribution in [2.45, 2.75) is 56.3 Å². The van der Waals surface area contributed by atoms with Gasteiger partial charge in [-0.3, -0.25) is 4.90 Å². The second kappa shape index (κ2) is 7.19. The molecular formula is C22H28N2O. The first-order valence-corrected chi connectivity index (χ1v) is 9.58. The quantitative estimate of drug-likeness (QED) is 0.884. The molecule has 0 bridgehead atoms. The number of nitrogens with one attached hydrogen (secondary N) is 1. The van der Waals surface area contributed by atoms with Crippen molar-refractivity contribution in [3.63, 3.8) is 0 Å². The number of likely N-dealkylation sites (tertiary alicyclic amines) is 1. The third kappa shape index (κ3) is 3.44. The summed E-state index contributed by atoms with van der Waals surface area (Å²) in [6.45, 7) is 1.97. The lowest BCUT2D eigenvalue weighted by Gasteiger charge is -2.54. The Bertz CT molecular complexity index is 675. The van der Waals surface area contributed by atoms with Crippen LogP contribution in [0.2, 0.25) is 0 Å². The Balaban J connectivity index is 1.54. The summed E-state index contributed by atoms with van der Waals surface area (Å²) >= 11 is 0. The molecule has 1 heterocycles. The van der Waals surface area contributed by atoms with E-state index in [4.69, 9.17) is 0 Å². The van der Waals surface area contributed by atoms with Crippen LogP contribution in [-0.2, 0) is 6.54 Å². The van der Waals surface area contributed by atoms with E-state index in [1.165, 1.54) is 12.0 Å². The van der Waals surface area contributed by atoms with Crippen LogP contribution in [0.25, 0.3) is 0 Å². The van der Waals surface area contributed by atoms with Crippen molar-refractivity contribution in [1.29, 1.82) is 0 Å². The number of piperidine rings is 1. The Kier molecular flexibility index (Phi) is 4.78. The third-order valence-corrected chi connectivity index (χ3v) is 5.97. The summed E-state index contributed by atoms with van der Waals surface area (Å²) < 4.78 is 0. The first-order valence-electron chi connectivity index (χ1n) is 9.58. The number of anilines is 1. The van der Waals surface area contributed by atoms with Crippen LogP contribution in [0.15, 0.2) is 60.7 Å². The van der Waals surface area contributed by atoms with Crippen molar-refractivity contribution in [1.82, 2.24) is 4.90 Å². The van der Waals surface area contributed by atoms with E-state index in [1.807, 2.05) is 6.07 Å². The molecule has 0 aromatic heterocycles. The summed E-state index contributed by atoms with van der Waals surface area (Å²) in [6, 6.07) is 21.4. The zero-order valence-electron chi connectivity index (χ0n) is 14.8. The molecule has 3 nitrogen and oxygen atoms in total. The third-order valence-electron chi connectivity index (χ3n) is 5.97. The van der Waals surface area contributed by atoms with E-state index >= 15 is 0 Å². The Hall–Kier alpha value is -1.84. The molecule has 2 N–H and O–H groups in total. The maximum Gasteiger partial charge on any atom is 0.100 e. The first kappa shape index (κ1) is 16.6. The van der Waals surface area contributed by atoms with Crippen LogP contribution in [0.1, 0.15) is 37.7 Å². The van der Waals surface area contributed by atoms with Gasteiger partial charge in [-0.2, -0.15) is 0 Å². The van der Waals surface area contributed by atoms with Crippen LogP contribution in [0, 0.1) is 0 Å². The Morgan fingerprint density at radius 3 is 2.44 bits per heavy atom. The molecule has 1 aliphatic carbocycles. The molecule has 132 valence electrons. The second-order valence-electron chi connectivity index (χ2n) is 7.56. The topological polar surface area (TPSA) is 35.5 Å². The summed E-state index contributed by atoms with van der Waals surface area (Å²) in [4.78, 5) is 2.51. The monoisotopic (exact) mass is 336 g/mol. The smallest absolute Gasteiger partial charge is 0.100 e. The van der Waals surface area contributed by atoms with Gasteiger partial charge in [-0.15, -0.1) is 0 Å². The lowest BCUT2D eigenvalue weighted by Crippen LogP contribution is -2.66. The molecule has 0 radical (unpaired) electrons. The van der Waals surface area contributed by atoms with Crippen LogP contribution in [0.3, 0.4) is 0 Å². The minimum Gasteiger partial charge on any atom is -0.386 e. The van der Waals surface area contributed by atoms with E-state index in [2.05, 4.69) is 64.8 Å². The molecule has 1 saturated heterocycles. The van der Waals surface area contributed by atoms with Gasteiger partial charge in [0.15, 0.2) is 0 Å². The van der Waals surface area contributed by atoms with Gasteiger partial charge in [0, 0.05) is 24.8 Å². The molecule has 25 heavy (non-hydrogen) atoms. The highest BCUT2D eigenvalue weighted by Gasteiger charge is 2.50. The van der Waals surface area contributed by atoms with Gasteiger partial charge in [-0.05, 0) is 37.0 Å². The molecule has 1 aliphatic heterocycles. The zero-order chi connectivity index (χ0) is 17.1. The highest BCUT2D eigenvalue weighted by atomic mass is 16.3. The largest absolute Gasteiger partial charge is 0.386 e. The molecule has 0 spiro atoms. The molecule has 0 amide bonds. The van der Waals surface area contributed by atoms with Crippen LogP contribution < -0.4 is 5.32 Å². The SMILES string of the molecule is O[C@]12CCCC[C@H]1N(Cc1ccccc1)CC[C@H]2Nc1ccccc1. The maximum atomic E-state index is 11.7. The number of nitrogens with zero attached hydrogens (tertiary/aromatic N) is 1. The molecule has 4 rings (SSSR count). The summed E-state index contributed by atoms with van der Waals surface area (Å²) in [5, 5.41) is 15.3. The molecule has 2 aromatic rings. The van der Waals surface area contributed by atoms with Gasteiger partial charge in [-0.25, -0.2) is 0 Å². The van der Waals surface area contributed by atoms with E-state index in [9.17, 15) is 5.11 Å². The van der Waals surface area contributed by atoms with Crippen molar-refractivity contribution in [3.8, 4) is 0 Å². The summed E-state index contributed by atoms with van der Waals surface area (Å²) in [7, 11) is 0. The van der Waals surface area contributed by atoms with E-state index in [0.29, 0.717) is 0 Å². The van der Waals surface area contributed by atoms with Gasteiger partial charge >= 0.3 is 0 Å². The van der Waals surface area contributed by atoms with Crippen molar-refractivity contribution in [3.05, 3.63) is 66.2 Å². The Morgan fingerprint density at radius 2 is 1.68 bits per heavy atom. The molecular weight excluding hydrogens is 308 g/mol. The van der Waals surface area contributed by atoms with E-state index in [1.54, 1.807) is 0 Å². The Morgan fingerprint density at radius 1 is 0.960 bits per heavy atom. The fraction of sp³-hybridized carbons (Fsp3) is 0.455. The summed E-state index contributed by atoms with van der Waals surface area (Å²) in [5.74, 6) is 0. The fourth-order valence-corrected chi connectivity index (χ4v) is 4.71. The van der Waals surface area contributed by atoms with Crippen molar-refractivity contribution < 1.29 is 5.11 Å². The van der Waals surface area contributed by atoms with Crippen LogP contribution in [0.5, 0.6) is 0 Å². The number of rotatable bonds is 4. The van der Waals surface area contributed by atoms with Crippen molar-refractivity contribution in [2.75, 3.05) is 11.9 Å². The number of para-hydroxylation sites is 1. The van der Waals surface area contributed by atoms with E-state index < -0.39 is 5.60 Å². The normalized spacial score (nSPS) is 29.8. The van der Waals surface area contributed by atoms with Gasteiger partial charge in [0.05, 0.1) is 6.04 Å². The number of fused-ring (bicyclic) bond motifs is 1. The molecule has 2 aromatic carbocycles. The van der Waals surface area contributed by atoms with E-state index in [-0.39, 0.29) is 12.1 Å². The number of aliphatic hydroxyl groups is 1. The summed E-state index contributed by atoms with van der Waals surface area (Å²) in [6.07, 6.45) is 5.31. The highest BCUT2D eigenvalue weighted by Crippen LogP contribution is 2.40. The predicted octanol–water partition coefficient (Wildman–Crippen LogP) is 4.05. The van der Waals surface area contributed by atoms with E-state index in [0.717, 1.165) is 44.5 Å². The average Bonchev–Trinajstić information content (AvgIpc) is 2.65. The number of hydrogen-bond donors (Lipinski definition) is 2. The van der Waals surface area contributed by atoms with Crippen molar-refractivity contribution >= 4 is 5.69 Å². The van der Waals surface area contributed by atoms with Gasteiger partial charge in [-0.1, -0.05) is 61.4 Å². The predicted molar refractivity (Wildman–Crippen MR) is 103 cm³/mol. The molecule has 2 fully saturated rings. The zero-order valence-corrected chi connectivity index (χ0v) is 14.8. The highest BCUT2D eigenvalue weighted by molar-refractivity contribution is 5.44. The minimum atomic E-state index is -0.638. The minimum absolute atomic E-state index is 0.132. The lowest BCUT2D eigenvalue weighted by atomic mass is 9.71. The number of benzene rings is 2. The average molecular weight is 336 g/mol. The molecule has 3 heteroatoms. The molecule has 1 saturated carbocycles. The van der Waals surface area contributed by atoms with Crippen LogP contribution in [0.4, 0.5) is 5.69 Å². The number of hydrogen-bond acceptors (Lipinski definition) is 3. The van der Waals surface area contributed by atoms with Crippen LogP contribution >= 0.6 is 0 Å². The Labute approximate surface area is 150 Å². The van der Waals surface area contributed by atoms with Crippen molar-refractivity contribution in [2.24, 2.45) is 0 Å². The fourth-order valence-electron chi connectivity index (χ4n) is 4.71.